The zero-order valence-electron chi connectivity index (χ0n) is 10.8. The van der Waals surface area contributed by atoms with E-state index in [1.807, 2.05) is 24.3 Å². The molecule has 94 valence electrons. The van der Waals surface area contributed by atoms with Crippen molar-refractivity contribution < 1.29 is 5.11 Å². The first-order valence-electron chi connectivity index (χ1n) is 6.59. The highest BCUT2D eigenvalue weighted by molar-refractivity contribution is 5.41. The van der Waals surface area contributed by atoms with Gasteiger partial charge in [-0.3, -0.25) is 0 Å². The molecule has 2 heteroatoms. The van der Waals surface area contributed by atoms with Crippen LogP contribution >= 0.6 is 0 Å². The van der Waals surface area contributed by atoms with Crippen LogP contribution in [0.4, 0.5) is 5.69 Å². The standard InChI is InChI=1S/C15H23NO/c1-10-6-11(2)8-13(7-10)15(17)12-4-3-5-14(16)9-12/h3-5,9-11,13,15,17H,6-8,16H2,1-2H3. The van der Waals surface area contributed by atoms with Crippen LogP contribution < -0.4 is 5.73 Å². The number of nitrogens with two attached hydrogens (primary N) is 1. The maximum absolute atomic E-state index is 10.4. The van der Waals surface area contributed by atoms with Crippen LogP contribution in [0.25, 0.3) is 0 Å². The lowest BCUT2D eigenvalue weighted by molar-refractivity contribution is 0.0552. The molecule has 1 fully saturated rings. The van der Waals surface area contributed by atoms with E-state index in [0.717, 1.165) is 35.9 Å². The Balaban J connectivity index is 2.11. The van der Waals surface area contributed by atoms with E-state index in [1.54, 1.807) is 0 Å². The highest BCUT2D eigenvalue weighted by Crippen LogP contribution is 2.39. The Morgan fingerprint density at radius 2 is 1.82 bits per heavy atom. The summed E-state index contributed by atoms with van der Waals surface area (Å²) >= 11 is 0. The third-order valence-electron chi connectivity index (χ3n) is 3.91. The first kappa shape index (κ1) is 12.4. The minimum atomic E-state index is -0.358. The number of aliphatic hydroxyl groups excluding tert-OH is 1. The van der Waals surface area contributed by atoms with E-state index in [2.05, 4.69) is 13.8 Å². The maximum Gasteiger partial charge on any atom is 0.0819 e. The lowest BCUT2D eigenvalue weighted by Gasteiger charge is -2.34. The summed E-state index contributed by atoms with van der Waals surface area (Å²) in [4.78, 5) is 0. The Kier molecular flexibility index (Phi) is 3.72. The van der Waals surface area contributed by atoms with Crippen LogP contribution in [-0.2, 0) is 0 Å². The second kappa shape index (κ2) is 5.09. The van der Waals surface area contributed by atoms with Crippen LogP contribution in [0.15, 0.2) is 24.3 Å². The van der Waals surface area contributed by atoms with Crippen molar-refractivity contribution in [2.45, 2.75) is 39.2 Å². The van der Waals surface area contributed by atoms with Crippen LogP contribution in [0, 0.1) is 17.8 Å². The number of nitrogen functional groups attached to an aromatic ring is 1. The molecule has 0 bridgehead atoms. The summed E-state index contributed by atoms with van der Waals surface area (Å²) in [6, 6.07) is 7.66. The summed E-state index contributed by atoms with van der Waals surface area (Å²) in [5.74, 6) is 1.83. The van der Waals surface area contributed by atoms with E-state index >= 15 is 0 Å². The molecule has 1 saturated carbocycles. The van der Waals surface area contributed by atoms with E-state index in [9.17, 15) is 5.11 Å². The van der Waals surface area contributed by atoms with Gasteiger partial charge in [0.05, 0.1) is 6.10 Å². The Hall–Kier alpha value is -1.02. The monoisotopic (exact) mass is 233 g/mol. The molecule has 1 aliphatic rings. The Morgan fingerprint density at radius 3 is 2.41 bits per heavy atom. The van der Waals surface area contributed by atoms with Crippen molar-refractivity contribution >= 4 is 5.69 Å². The van der Waals surface area contributed by atoms with Gasteiger partial charge in [-0.2, -0.15) is 0 Å². The molecule has 3 unspecified atom stereocenters. The van der Waals surface area contributed by atoms with Gasteiger partial charge in [0.2, 0.25) is 0 Å². The molecule has 1 aliphatic carbocycles. The predicted molar refractivity (Wildman–Crippen MR) is 71.5 cm³/mol. The minimum Gasteiger partial charge on any atom is -0.399 e. The Morgan fingerprint density at radius 1 is 1.18 bits per heavy atom. The van der Waals surface area contributed by atoms with Crippen molar-refractivity contribution in [1.82, 2.24) is 0 Å². The van der Waals surface area contributed by atoms with Crippen molar-refractivity contribution in [1.29, 1.82) is 0 Å². The number of hydrogen-bond acceptors (Lipinski definition) is 2. The number of benzene rings is 1. The molecule has 2 rings (SSSR count). The quantitative estimate of drug-likeness (QED) is 0.769. The zero-order chi connectivity index (χ0) is 12.4. The Bertz CT molecular complexity index is 367. The molecule has 0 amide bonds. The molecule has 1 aromatic carbocycles. The van der Waals surface area contributed by atoms with E-state index in [1.165, 1.54) is 6.42 Å². The minimum absolute atomic E-state index is 0.358. The van der Waals surface area contributed by atoms with Crippen LogP contribution in [0.1, 0.15) is 44.8 Å². The van der Waals surface area contributed by atoms with Gasteiger partial charge in [-0.05, 0) is 54.7 Å². The number of hydrogen-bond donors (Lipinski definition) is 2. The second-order valence-corrected chi connectivity index (χ2v) is 5.79. The highest BCUT2D eigenvalue weighted by atomic mass is 16.3. The fourth-order valence-electron chi connectivity index (χ4n) is 3.28. The van der Waals surface area contributed by atoms with Gasteiger partial charge in [0.1, 0.15) is 0 Å². The van der Waals surface area contributed by atoms with Crippen LogP contribution in [-0.4, -0.2) is 5.11 Å². The second-order valence-electron chi connectivity index (χ2n) is 5.79. The topological polar surface area (TPSA) is 46.2 Å². The smallest absolute Gasteiger partial charge is 0.0819 e. The van der Waals surface area contributed by atoms with E-state index in [4.69, 9.17) is 5.73 Å². The molecule has 0 saturated heterocycles. The third kappa shape index (κ3) is 3.01. The van der Waals surface area contributed by atoms with Gasteiger partial charge < -0.3 is 10.8 Å². The predicted octanol–water partition coefficient (Wildman–Crippen LogP) is 3.37. The molecule has 3 atom stereocenters. The van der Waals surface area contributed by atoms with Gasteiger partial charge in [-0.25, -0.2) is 0 Å². The summed E-state index contributed by atoms with van der Waals surface area (Å²) in [6.07, 6.45) is 3.18. The van der Waals surface area contributed by atoms with Crippen molar-refractivity contribution in [3.05, 3.63) is 29.8 Å². The van der Waals surface area contributed by atoms with Gasteiger partial charge in [-0.1, -0.05) is 26.0 Å². The van der Waals surface area contributed by atoms with E-state index < -0.39 is 0 Å². The summed E-state index contributed by atoms with van der Waals surface area (Å²) in [7, 11) is 0. The first-order valence-corrected chi connectivity index (χ1v) is 6.59. The SMILES string of the molecule is CC1CC(C)CC(C(O)c2cccc(N)c2)C1. The fourth-order valence-corrected chi connectivity index (χ4v) is 3.28. The number of aliphatic hydroxyl groups is 1. The number of rotatable bonds is 2. The third-order valence-corrected chi connectivity index (χ3v) is 3.91. The number of anilines is 1. The lowest BCUT2D eigenvalue weighted by Crippen LogP contribution is -2.24. The van der Waals surface area contributed by atoms with Gasteiger partial charge in [0.15, 0.2) is 0 Å². The van der Waals surface area contributed by atoms with Gasteiger partial charge >= 0.3 is 0 Å². The lowest BCUT2D eigenvalue weighted by atomic mass is 9.73. The van der Waals surface area contributed by atoms with Crippen molar-refractivity contribution in [3.63, 3.8) is 0 Å². The van der Waals surface area contributed by atoms with Crippen LogP contribution in [0.2, 0.25) is 0 Å². The van der Waals surface area contributed by atoms with E-state index in [0.29, 0.717) is 5.92 Å². The molecular formula is C15H23NO. The molecule has 0 heterocycles. The van der Waals surface area contributed by atoms with Gasteiger partial charge in [0, 0.05) is 5.69 Å². The molecule has 1 aromatic rings. The average Bonchev–Trinajstić information content (AvgIpc) is 2.26. The highest BCUT2D eigenvalue weighted by Gasteiger charge is 2.29. The van der Waals surface area contributed by atoms with Crippen molar-refractivity contribution in [2.24, 2.45) is 17.8 Å². The Labute approximate surface area is 104 Å². The largest absolute Gasteiger partial charge is 0.399 e. The molecule has 0 radical (unpaired) electrons. The molecule has 0 aliphatic heterocycles. The summed E-state index contributed by atoms with van der Waals surface area (Å²) in [6.45, 7) is 4.57. The van der Waals surface area contributed by atoms with Crippen LogP contribution in [0.5, 0.6) is 0 Å². The molecule has 0 aromatic heterocycles. The fraction of sp³-hybridized carbons (Fsp3) is 0.600. The normalized spacial score (nSPS) is 31.1. The zero-order valence-corrected chi connectivity index (χ0v) is 10.8. The molecule has 17 heavy (non-hydrogen) atoms. The van der Waals surface area contributed by atoms with Gasteiger partial charge in [-0.15, -0.1) is 0 Å². The van der Waals surface area contributed by atoms with Gasteiger partial charge in [0.25, 0.3) is 0 Å². The van der Waals surface area contributed by atoms with Crippen LogP contribution in [0.3, 0.4) is 0 Å². The van der Waals surface area contributed by atoms with E-state index in [-0.39, 0.29) is 6.10 Å². The molecule has 2 nitrogen and oxygen atoms in total. The maximum atomic E-state index is 10.4. The molecule has 3 N–H and O–H groups in total. The summed E-state index contributed by atoms with van der Waals surface area (Å²) in [5, 5.41) is 10.4. The van der Waals surface area contributed by atoms with Crippen molar-refractivity contribution in [3.8, 4) is 0 Å². The van der Waals surface area contributed by atoms with Crippen molar-refractivity contribution in [2.75, 3.05) is 5.73 Å². The molecular weight excluding hydrogens is 210 g/mol. The average molecular weight is 233 g/mol. The summed E-state index contributed by atoms with van der Waals surface area (Å²) < 4.78 is 0. The summed E-state index contributed by atoms with van der Waals surface area (Å²) in [5.41, 5.74) is 7.47. The molecule has 0 spiro atoms. The first-order chi connectivity index (χ1) is 8.06.